The highest BCUT2D eigenvalue weighted by molar-refractivity contribution is 5.84. The Morgan fingerprint density at radius 1 is 0.765 bits per heavy atom. The highest BCUT2D eigenvalue weighted by Crippen LogP contribution is 2.22. The van der Waals surface area contributed by atoms with Crippen molar-refractivity contribution in [3.63, 3.8) is 0 Å². The van der Waals surface area contributed by atoms with E-state index in [1.807, 2.05) is 36.4 Å². The average Bonchev–Trinajstić information content (AvgIpc) is 2.39. The predicted octanol–water partition coefficient (Wildman–Crippen LogP) is 3.20. The van der Waals surface area contributed by atoms with Gasteiger partial charge in [-0.2, -0.15) is 0 Å². The summed E-state index contributed by atoms with van der Waals surface area (Å²) < 4.78 is 0. The lowest BCUT2D eigenvalue weighted by atomic mass is 10.0. The third kappa shape index (κ3) is 1.85. The molecule has 0 radical (unpaired) electrons. The predicted molar refractivity (Wildman–Crippen MR) is 70.0 cm³/mol. The van der Waals surface area contributed by atoms with Gasteiger partial charge in [0, 0.05) is 11.6 Å². The van der Waals surface area contributed by atoms with Gasteiger partial charge in [0.1, 0.15) is 0 Å². The van der Waals surface area contributed by atoms with Gasteiger partial charge in [0.25, 0.3) is 0 Å². The second kappa shape index (κ2) is 3.91. The molecule has 2 nitrogen and oxygen atoms in total. The van der Waals surface area contributed by atoms with Crippen LogP contribution >= 0.6 is 0 Å². The van der Waals surface area contributed by atoms with E-state index in [0.29, 0.717) is 0 Å². The van der Waals surface area contributed by atoms with Gasteiger partial charge in [0.15, 0.2) is 0 Å². The monoisotopic (exact) mass is 221 g/mol. The zero-order chi connectivity index (χ0) is 11.7. The van der Waals surface area contributed by atoms with Gasteiger partial charge in [-0.05, 0) is 34.7 Å². The second-order valence-corrected chi connectivity index (χ2v) is 3.99. The van der Waals surface area contributed by atoms with Crippen LogP contribution in [0.5, 0.6) is 0 Å². The average molecular weight is 221 g/mol. The molecular formula is C15H11NO. The Labute approximate surface area is 98.6 Å². The molecule has 0 saturated carbocycles. The molecule has 2 heteroatoms. The van der Waals surface area contributed by atoms with E-state index in [0.717, 1.165) is 16.5 Å². The number of pyridine rings is 1. The summed E-state index contributed by atoms with van der Waals surface area (Å²) in [5, 5.41) is 1.05. The van der Waals surface area contributed by atoms with Crippen molar-refractivity contribution in [2.45, 2.75) is 0 Å². The first-order valence-corrected chi connectivity index (χ1v) is 5.51. The molecular weight excluding hydrogens is 210 g/mol. The molecule has 0 unspecified atom stereocenters. The fourth-order valence-electron chi connectivity index (χ4n) is 1.96. The van der Waals surface area contributed by atoms with Crippen LogP contribution in [-0.4, -0.2) is 4.98 Å². The van der Waals surface area contributed by atoms with E-state index in [9.17, 15) is 4.79 Å². The maximum atomic E-state index is 11.2. The minimum atomic E-state index is -0.0649. The molecule has 0 aliphatic carbocycles. The molecule has 1 N–H and O–H groups in total. The number of nitrogens with one attached hydrogen (secondary N) is 1. The molecule has 0 aliphatic rings. The van der Waals surface area contributed by atoms with Gasteiger partial charge in [-0.3, -0.25) is 4.79 Å². The number of aromatic nitrogens is 1. The molecule has 17 heavy (non-hydrogen) atoms. The smallest absolute Gasteiger partial charge is 0.248 e. The van der Waals surface area contributed by atoms with Crippen molar-refractivity contribution in [2.75, 3.05) is 0 Å². The molecule has 0 atom stereocenters. The minimum Gasteiger partial charge on any atom is -0.322 e. The van der Waals surface area contributed by atoms with Crippen LogP contribution in [-0.2, 0) is 0 Å². The Kier molecular flexibility index (Phi) is 2.26. The highest BCUT2D eigenvalue weighted by atomic mass is 16.1. The highest BCUT2D eigenvalue weighted by Gasteiger charge is 1.99. The van der Waals surface area contributed by atoms with Crippen molar-refractivity contribution < 1.29 is 0 Å². The number of aromatic amines is 1. The van der Waals surface area contributed by atoms with Crippen molar-refractivity contribution in [2.24, 2.45) is 0 Å². The number of H-pyrrole nitrogens is 1. The van der Waals surface area contributed by atoms with E-state index >= 15 is 0 Å². The van der Waals surface area contributed by atoms with Gasteiger partial charge in [0.2, 0.25) is 5.56 Å². The van der Waals surface area contributed by atoms with Crippen molar-refractivity contribution in [1.82, 2.24) is 4.98 Å². The zero-order valence-corrected chi connectivity index (χ0v) is 9.18. The molecule has 0 saturated heterocycles. The minimum absolute atomic E-state index is 0.0649. The van der Waals surface area contributed by atoms with Crippen LogP contribution in [0.4, 0.5) is 0 Å². The van der Waals surface area contributed by atoms with Crippen LogP contribution in [0.3, 0.4) is 0 Å². The van der Waals surface area contributed by atoms with Gasteiger partial charge in [0.05, 0.1) is 0 Å². The molecule has 0 aliphatic heterocycles. The maximum Gasteiger partial charge on any atom is 0.248 e. The van der Waals surface area contributed by atoms with Crippen molar-refractivity contribution in [1.29, 1.82) is 0 Å². The van der Waals surface area contributed by atoms with E-state index in [-0.39, 0.29) is 5.56 Å². The Morgan fingerprint density at radius 3 is 2.41 bits per heavy atom. The Hall–Kier alpha value is -2.35. The molecule has 1 aromatic heterocycles. The fourth-order valence-corrected chi connectivity index (χ4v) is 1.96. The molecule has 1 heterocycles. The Bertz CT molecular complexity index is 714. The SMILES string of the molecule is O=c1ccc2cc(-c3ccccc3)ccc2[nH]1. The summed E-state index contributed by atoms with van der Waals surface area (Å²) in [4.78, 5) is 14.0. The van der Waals surface area contributed by atoms with Gasteiger partial charge >= 0.3 is 0 Å². The summed E-state index contributed by atoms with van der Waals surface area (Å²) in [6.45, 7) is 0. The number of hydrogen-bond acceptors (Lipinski definition) is 1. The molecule has 3 rings (SSSR count). The first-order chi connectivity index (χ1) is 8.33. The van der Waals surface area contributed by atoms with E-state index in [4.69, 9.17) is 0 Å². The van der Waals surface area contributed by atoms with Gasteiger partial charge in [-0.15, -0.1) is 0 Å². The quantitative estimate of drug-likeness (QED) is 0.672. The Morgan fingerprint density at radius 2 is 1.59 bits per heavy atom. The lowest BCUT2D eigenvalue weighted by molar-refractivity contribution is 1.31. The third-order valence-corrected chi connectivity index (χ3v) is 2.83. The van der Waals surface area contributed by atoms with Gasteiger partial charge in [-0.1, -0.05) is 36.4 Å². The molecule has 0 amide bonds. The van der Waals surface area contributed by atoms with Crippen molar-refractivity contribution >= 4 is 10.9 Å². The lowest BCUT2D eigenvalue weighted by Crippen LogP contribution is -2.01. The fraction of sp³-hybridized carbons (Fsp3) is 0. The number of benzene rings is 2. The molecule has 0 spiro atoms. The van der Waals surface area contributed by atoms with E-state index in [1.165, 1.54) is 5.56 Å². The molecule has 0 fully saturated rings. The largest absolute Gasteiger partial charge is 0.322 e. The number of hydrogen-bond donors (Lipinski definition) is 1. The zero-order valence-electron chi connectivity index (χ0n) is 9.18. The molecule has 0 bridgehead atoms. The maximum absolute atomic E-state index is 11.2. The lowest BCUT2D eigenvalue weighted by Gasteiger charge is -2.03. The van der Waals surface area contributed by atoms with Crippen LogP contribution < -0.4 is 5.56 Å². The summed E-state index contributed by atoms with van der Waals surface area (Å²) in [5.74, 6) is 0. The van der Waals surface area contributed by atoms with Gasteiger partial charge in [-0.25, -0.2) is 0 Å². The Balaban J connectivity index is 2.21. The van der Waals surface area contributed by atoms with Crippen molar-refractivity contribution in [3.05, 3.63) is 71.0 Å². The van der Waals surface area contributed by atoms with Crippen LogP contribution in [0.2, 0.25) is 0 Å². The number of rotatable bonds is 1. The van der Waals surface area contributed by atoms with Gasteiger partial charge < -0.3 is 4.98 Å². The summed E-state index contributed by atoms with van der Waals surface area (Å²) in [6, 6.07) is 19.6. The number of fused-ring (bicyclic) bond motifs is 1. The van der Waals surface area contributed by atoms with Crippen LogP contribution in [0.25, 0.3) is 22.0 Å². The third-order valence-electron chi connectivity index (χ3n) is 2.83. The molecule has 3 aromatic rings. The molecule has 82 valence electrons. The standard InChI is InChI=1S/C15H11NO/c17-15-9-7-13-10-12(6-8-14(13)16-15)11-4-2-1-3-5-11/h1-10H,(H,16,17). The first-order valence-electron chi connectivity index (χ1n) is 5.51. The van der Waals surface area contributed by atoms with Crippen LogP contribution in [0.15, 0.2) is 65.5 Å². The summed E-state index contributed by atoms with van der Waals surface area (Å²) >= 11 is 0. The van der Waals surface area contributed by atoms with E-state index in [1.54, 1.807) is 6.07 Å². The van der Waals surface area contributed by atoms with Crippen LogP contribution in [0, 0.1) is 0 Å². The van der Waals surface area contributed by atoms with E-state index in [2.05, 4.69) is 23.2 Å². The van der Waals surface area contributed by atoms with Crippen molar-refractivity contribution in [3.8, 4) is 11.1 Å². The second-order valence-electron chi connectivity index (χ2n) is 3.99. The van der Waals surface area contributed by atoms with E-state index < -0.39 is 0 Å². The first kappa shape index (κ1) is 9.85. The normalized spacial score (nSPS) is 10.6. The summed E-state index contributed by atoms with van der Waals surface area (Å²) in [6.07, 6.45) is 0. The summed E-state index contributed by atoms with van der Waals surface area (Å²) in [5.41, 5.74) is 3.15. The summed E-state index contributed by atoms with van der Waals surface area (Å²) in [7, 11) is 0. The topological polar surface area (TPSA) is 32.9 Å². The molecule has 2 aromatic carbocycles. The van der Waals surface area contributed by atoms with Crippen LogP contribution in [0.1, 0.15) is 0 Å².